The zero-order valence-corrected chi connectivity index (χ0v) is 13.6. The van der Waals surface area contributed by atoms with E-state index in [1.165, 1.54) is 11.4 Å². The van der Waals surface area contributed by atoms with Crippen LogP contribution in [0.2, 0.25) is 0 Å². The number of hydrogen-bond acceptors (Lipinski definition) is 6. The summed E-state index contributed by atoms with van der Waals surface area (Å²) in [6.45, 7) is 6.62. The molecule has 0 saturated carbocycles. The molecule has 7 heteroatoms. The monoisotopic (exact) mass is 297 g/mol. The third-order valence-corrected chi connectivity index (χ3v) is 5.43. The Balaban J connectivity index is 4.55. The van der Waals surface area contributed by atoms with Gasteiger partial charge in [-0.15, -0.1) is 0 Å². The van der Waals surface area contributed by atoms with Gasteiger partial charge in [-0.1, -0.05) is 13.8 Å². The van der Waals surface area contributed by atoms with Gasteiger partial charge in [0.2, 0.25) is 5.90 Å². The van der Waals surface area contributed by atoms with Crippen LogP contribution in [-0.2, 0) is 18.5 Å². The number of ether oxygens (including phenoxy) is 1. The van der Waals surface area contributed by atoms with E-state index in [2.05, 4.69) is 5.16 Å². The van der Waals surface area contributed by atoms with Gasteiger partial charge in [0.15, 0.2) is 0 Å². The Labute approximate surface area is 114 Å². The Kier molecular flexibility index (Phi) is 9.60. The number of oxime groups is 1. The Morgan fingerprint density at radius 3 is 2.44 bits per heavy atom. The summed E-state index contributed by atoms with van der Waals surface area (Å²) < 4.78 is 27.9. The fourth-order valence-electron chi connectivity index (χ4n) is 0.983. The second-order valence-electron chi connectivity index (χ2n) is 3.79. The van der Waals surface area contributed by atoms with E-state index in [4.69, 9.17) is 13.9 Å². The zero-order chi connectivity index (χ0) is 14.0. The Morgan fingerprint density at radius 2 is 2.00 bits per heavy atom. The fourth-order valence-corrected chi connectivity index (χ4v) is 4.06. The molecule has 5 nitrogen and oxygen atoms in total. The Bertz CT molecular complexity index is 297. The van der Waals surface area contributed by atoms with Gasteiger partial charge >= 0.3 is 6.80 Å². The van der Waals surface area contributed by atoms with Crippen LogP contribution in [0, 0.1) is 0 Å². The summed E-state index contributed by atoms with van der Waals surface area (Å²) >= 11 is 1.17. The largest absolute Gasteiger partial charge is 0.476 e. The molecule has 0 aromatic heterocycles. The standard InChI is InChI=1S/C11H24NO4PS/c1-6-9-18-17(13,14-8-3)16-12-11(7-2)15-10(4)5/h10H,6-9H2,1-5H3. The molecule has 0 amide bonds. The van der Waals surface area contributed by atoms with E-state index in [9.17, 15) is 4.57 Å². The van der Waals surface area contributed by atoms with Gasteiger partial charge < -0.3 is 9.36 Å². The Hall–Kier alpha value is -0.190. The Morgan fingerprint density at radius 1 is 1.33 bits per heavy atom. The van der Waals surface area contributed by atoms with Crippen LogP contribution in [0.3, 0.4) is 0 Å². The van der Waals surface area contributed by atoms with Crippen molar-refractivity contribution in [3.8, 4) is 0 Å². The predicted octanol–water partition coefficient (Wildman–Crippen LogP) is 4.44. The van der Waals surface area contributed by atoms with E-state index < -0.39 is 6.80 Å². The van der Waals surface area contributed by atoms with E-state index in [1.807, 2.05) is 27.7 Å². The van der Waals surface area contributed by atoms with Crippen LogP contribution < -0.4 is 0 Å². The molecule has 0 aliphatic carbocycles. The van der Waals surface area contributed by atoms with Crippen molar-refractivity contribution in [1.29, 1.82) is 0 Å². The third kappa shape index (κ3) is 8.01. The maximum atomic E-state index is 12.2. The predicted molar refractivity (Wildman–Crippen MR) is 77.0 cm³/mol. The first-order valence-electron chi connectivity index (χ1n) is 6.28. The molecule has 0 spiro atoms. The van der Waals surface area contributed by atoms with Crippen LogP contribution in [0.5, 0.6) is 0 Å². The highest BCUT2D eigenvalue weighted by Crippen LogP contribution is 2.60. The van der Waals surface area contributed by atoms with Gasteiger partial charge in [0.05, 0.1) is 12.7 Å². The molecule has 0 radical (unpaired) electrons. The second-order valence-corrected chi connectivity index (χ2v) is 7.88. The van der Waals surface area contributed by atoms with Crippen molar-refractivity contribution in [2.75, 3.05) is 12.4 Å². The van der Waals surface area contributed by atoms with Gasteiger partial charge in [0, 0.05) is 12.2 Å². The molecule has 0 aromatic carbocycles. The number of hydrogen-bond donors (Lipinski definition) is 0. The molecule has 1 atom stereocenters. The molecule has 0 saturated heterocycles. The van der Waals surface area contributed by atoms with Gasteiger partial charge in [0.1, 0.15) is 0 Å². The maximum absolute atomic E-state index is 12.2. The summed E-state index contributed by atoms with van der Waals surface area (Å²) in [6.07, 6.45) is 1.50. The average Bonchev–Trinajstić information content (AvgIpc) is 2.32. The van der Waals surface area contributed by atoms with Crippen molar-refractivity contribution < 1.29 is 18.5 Å². The molecular formula is C11H24NO4PS. The molecule has 108 valence electrons. The summed E-state index contributed by atoms with van der Waals surface area (Å²) in [5.74, 6) is 1.14. The summed E-state index contributed by atoms with van der Waals surface area (Å²) in [5.41, 5.74) is 0. The molecule has 0 aliphatic rings. The van der Waals surface area contributed by atoms with Crippen molar-refractivity contribution >= 4 is 24.1 Å². The molecule has 0 heterocycles. The van der Waals surface area contributed by atoms with Crippen LogP contribution in [0.15, 0.2) is 5.16 Å². The van der Waals surface area contributed by atoms with Gasteiger partial charge in [-0.05, 0) is 43.7 Å². The van der Waals surface area contributed by atoms with Crippen molar-refractivity contribution in [3.63, 3.8) is 0 Å². The van der Waals surface area contributed by atoms with Gasteiger partial charge in [-0.25, -0.2) is 4.57 Å². The number of nitrogens with zero attached hydrogens (tertiary/aromatic N) is 1. The normalized spacial score (nSPS) is 15.6. The minimum absolute atomic E-state index is 0.0158. The molecular weight excluding hydrogens is 273 g/mol. The minimum Gasteiger partial charge on any atom is -0.476 e. The number of rotatable bonds is 9. The summed E-state index contributed by atoms with van der Waals surface area (Å²) in [5, 5.41) is 3.81. The molecule has 0 fully saturated rings. The van der Waals surface area contributed by atoms with Crippen molar-refractivity contribution in [1.82, 2.24) is 0 Å². The lowest BCUT2D eigenvalue weighted by molar-refractivity contribution is 0.190. The van der Waals surface area contributed by atoms with Crippen LogP contribution in [0.25, 0.3) is 0 Å². The first-order chi connectivity index (χ1) is 8.47. The lowest BCUT2D eigenvalue weighted by Gasteiger charge is -2.15. The van der Waals surface area contributed by atoms with Gasteiger partial charge in [0.25, 0.3) is 0 Å². The van der Waals surface area contributed by atoms with E-state index in [0.29, 0.717) is 24.7 Å². The van der Waals surface area contributed by atoms with Crippen LogP contribution >= 0.6 is 18.2 Å². The minimum atomic E-state index is -3.20. The quantitative estimate of drug-likeness (QED) is 0.272. The third-order valence-electron chi connectivity index (χ3n) is 1.66. The molecule has 0 aromatic rings. The lowest BCUT2D eigenvalue weighted by atomic mass is 10.4. The van der Waals surface area contributed by atoms with E-state index in [-0.39, 0.29) is 6.10 Å². The highest BCUT2D eigenvalue weighted by molar-refractivity contribution is 8.55. The average molecular weight is 297 g/mol. The molecule has 0 rings (SSSR count). The molecule has 18 heavy (non-hydrogen) atoms. The van der Waals surface area contributed by atoms with E-state index in [0.717, 1.165) is 6.42 Å². The lowest BCUT2D eigenvalue weighted by Crippen LogP contribution is -2.11. The summed E-state index contributed by atoms with van der Waals surface area (Å²) in [6, 6.07) is 0. The van der Waals surface area contributed by atoms with Crippen LogP contribution in [0.4, 0.5) is 0 Å². The van der Waals surface area contributed by atoms with Gasteiger partial charge in [-0.2, -0.15) is 0 Å². The smallest absolute Gasteiger partial charge is 0.460 e. The summed E-state index contributed by atoms with van der Waals surface area (Å²) in [4.78, 5) is 0. The first kappa shape index (κ1) is 17.8. The van der Waals surface area contributed by atoms with Crippen molar-refractivity contribution in [2.45, 2.75) is 53.6 Å². The van der Waals surface area contributed by atoms with Crippen LogP contribution in [0.1, 0.15) is 47.5 Å². The second kappa shape index (κ2) is 9.70. The maximum Gasteiger partial charge on any atom is 0.460 e. The van der Waals surface area contributed by atoms with Gasteiger partial charge in [-0.3, -0.25) is 4.52 Å². The van der Waals surface area contributed by atoms with Crippen molar-refractivity contribution in [3.05, 3.63) is 0 Å². The highest BCUT2D eigenvalue weighted by atomic mass is 32.7. The molecule has 1 unspecified atom stereocenters. The molecule has 0 N–H and O–H groups in total. The van der Waals surface area contributed by atoms with Crippen LogP contribution in [-0.4, -0.2) is 24.4 Å². The molecule has 0 aliphatic heterocycles. The first-order valence-corrected chi connectivity index (χ1v) is 9.42. The zero-order valence-electron chi connectivity index (χ0n) is 11.8. The van der Waals surface area contributed by atoms with E-state index >= 15 is 0 Å². The fraction of sp³-hybridized carbons (Fsp3) is 0.909. The topological polar surface area (TPSA) is 57.1 Å². The highest BCUT2D eigenvalue weighted by Gasteiger charge is 2.26. The SMILES string of the molecule is CCCSP(=O)(OCC)ON=C(CC)OC(C)C. The van der Waals surface area contributed by atoms with E-state index in [1.54, 1.807) is 6.92 Å². The van der Waals surface area contributed by atoms with Crippen molar-refractivity contribution in [2.24, 2.45) is 5.16 Å². The molecule has 0 bridgehead atoms. The summed E-state index contributed by atoms with van der Waals surface area (Å²) in [7, 11) is 0.